The van der Waals surface area contributed by atoms with Crippen LogP contribution in [0.15, 0.2) is 24.3 Å². The number of anilines is 1. The topological polar surface area (TPSA) is 92.2 Å². The Labute approximate surface area is 210 Å². The van der Waals surface area contributed by atoms with Crippen LogP contribution in [0.25, 0.3) is 0 Å². The second-order valence-corrected chi connectivity index (χ2v) is 8.87. The largest absolute Gasteiger partial charge is 0.490 e. The van der Waals surface area contributed by atoms with E-state index in [2.05, 4.69) is 6.92 Å². The summed E-state index contributed by atoms with van der Waals surface area (Å²) in [5, 5.41) is 8.54. The van der Waals surface area contributed by atoms with E-state index in [-0.39, 0.29) is 54.3 Å². The summed E-state index contributed by atoms with van der Waals surface area (Å²) in [6, 6.07) is 6.68. The quantitative estimate of drug-likeness (QED) is 0.484. The monoisotopic (exact) mass is 497 g/mol. The number of fused-ring (bicyclic) bond motifs is 2. The fraction of sp³-hybridized carbons (Fsp3) is 0.444. The predicted octanol–water partition coefficient (Wildman–Crippen LogP) is 4.56. The van der Waals surface area contributed by atoms with Crippen molar-refractivity contribution in [3.63, 3.8) is 0 Å². The van der Waals surface area contributed by atoms with Crippen LogP contribution in [0.2, 0.25) is 0 Å². The molecule has 0 saturated heterocycles. The number of carbonyl (C=O) groups excluding carboxylic acids is 2. The summed E-state index contributed by atoms with van der Waals surface area (Å²) in [5.41, 5.74) is 1.61. The molecule has 192 valence electrons. The van der Waals surface area contributed by atoms with E-state index in [9.17, 15) is 9.59 Å². The van der Waals surface area contributed by atoms with Crippen molar-refractivity contribution in [1.82, 2.24) is 4.90 Å². The summed E-state index contributed by atoms with van der Waals surface area (Å²) in [4.78, 5) is 29.0. The number of halogens is 1. The number of Topliss-reactive ketones (excluding diaryl/α,β-unsaturated/α-hetero) is 1. The van der Waals surface area contributed by atoms with Crippen molar-refractivity contribution >= 4 is 23.2 Å². The molecule has 1 amide bonds. The number of likely N-dealkylation sites (N-methyl/N-ethyl adjacent to an activating group) is 1. The van der Waals surface area contributed by atoms with Crippen LogP contribution in [-0.2, 0) is 11.3 Å². The summed E-state index contributed by atoms with van der Waals surface area (Å²) in [7, 11) is 1.68. The summed E-state index contributed by atoms with van der Waals surface area (Å²) in [6.45, 7) is 6.30. The number of benzene rings is 2. The molecule has 2 aliphatic heterocycles. The van der Waals surface area contributed by atoms with Crippen molar-refractivity contribution in [2.45, 2.75) is 52.7 Å². The Morgan fingerprint density at radius 3 is 2.64 bits per heavy atom. The molecule has 0 fully saturated rings. The van der Waals surface area contributed by atoms with Gasteiger partial charge in [0.15, 0.2) is 29.2 Å². The molecule has 0 saturated carbocycles. The lowest BCUT2D eigenvalue weighted by Gasteiger charge is -2.32. The third-order valence-corrected chi connectivity index (χ3v) is 6.44. The summed E-state index contributed by atoms with van der Waals surface area (Å²) in [6.07, 6.45) is 1.98. The first kappa shape index (κ1) is 25.5. The van der Waals surface area contributed by atoms with Crippen LogP contribution >= 0.6 is 0 Å². The third-order valence-electron chi connectivity index (χ3n) is 6.44. The van der Waals surface area contributed by atoms with Gasteiger partial charge >= 0.3 is 0 Å². The zero-order valence-electron chi connectivity index (χ0n) is 21.2. The fourth-order valence-electron chi connectivity index (χ4n) is 4.59. The van der Waals surface area contributed by atoms with E-state index < -0.39 is 11.9 Å². The Morgan fingerprint density at radius 2 is 1.94 bits per heavy atom. The number of amidine groups is 1. The number of nitrogens with zero attached hydrogens (tertiary/aromatic N) is 2. The van der Waals surface area contributed by atoms with Gasteiger partial charge in [-0.25, -0.2) is 4.39 Å². The molecule has 0 spiro atoms. The molecule has 36 heavy (non-hydrogen) atoms. The Bertz CT molecular complexity index is 1200. The molecule has 2 aromatic rings. The summed E-state index contributed by atoms with van der Waals surface area (Å²) < 4.78 is 32.2. The van der Waals surface area contributed by atoms with E-state index in [1.807, 2.05) is 0 Å². The number of ketones is 1. The van der Waals surface area contributed by atoms with Crippen LogP contribution in [-0.4, -0.2) is 55.3 Å². The van der Waals surface area contributed by atoms with Gasteiger partial charge in [-0.15, -0.1) is 0 Å². The molecule has 2 aliphatic rings. The molecule has 0 aromatic heterocycles. The molecule has 1 atom stereocenters. The minimum absolute atomic E-state index is 0.0179. The van der Waals surface area contributed by atoms with Gasteiger partial charge in [0.1, 0.15) is 11.6 Å². The second kappa shape index (κ2) is 10.6. The van der Waals surface area contributed by atoms with Crippen LogP contribution in [0.5, 0.6) is 17.2 Å². The Balaban J connectivity index is 1.53. The lowest BCUT2D eigenvalue weighted by Crippen LogP contribution is -2.43. The second-order valence-electron chi connectivity index (χ2n) is 8.87. The van der Waals surface area contributed by atoms with Crippen molar-refractivity contribution < 1.29 is 28.2 Å². The lowest BCUT2D eigenvalue weighted by molar-refractivity contribution is -0.126. The average Bonchev–Trinajstić information content (AvgIpc) is 3.17. The zero-order valence-corrected chi connectivity index (χ0v) is 21.2. The maximum absolute atomic E-state index is 15.3. The highest BCUT2D eigenvalue weighted by Crippen LogP contribution is 2.39. The molecule has 2 heterocycles. The molecule has 2 aromatic carbocycles. The van der Waals surface area contributed by atoms with E-state index in [1.54, 1.807) is 45.2 Å². The molecule has 0 bridgehead atoms. The normalized spacial score (nSPS) is 16.5. The SMILES string of the molecule is CCCCC1Oc2ccc(C(=O)CN3Cc4cc(OCC)c(OCC)c(F)c4C3=N)cc2N(C)C1=O. The van der Waals surface area contributed by atoms with Crippen molar-refractivity contribution in [3.8, 4) is 17.2 Å². The molecule has 1 unspecified atom stereocenters. The highest BCUT2D eigenvalue weighted by molar-refractivity contribution is 6.07. The number of amides is 1. The zero-order chi connectivity index (χ0) is 26.0. The number of ether oxygens (including phenoxy) is 3. The van der Waals surface area contributed by atoms with Crippen LogP contribution in [0.3, 0.4) is 0 Å². The molecule has 8 nitrogen and oxygen atoms in total. The van der Waals surface area contributed by atoms with Gasteiger partial charge < -0.3 is 24.0 Å². The van der Waals surface area contributed by atoms with Gasteiger partial charge in [0.05, 0.1) is 31.0 Å². The van der Waals surface area contributed by atoms with Gasteiger partial charge in [-0.05, 0) is 56.5 Å². The summed E-state index contributed by atoms with van der Waals surface area (Å²) >= 11 is 0. The van der Waals surface area contributed by atoms with Crippen LogP contribution in [0, 0.1) is 11.2 Å². The van der Waals surface area contributed by atoms with E-state index >= 15 is 4.39 Å². The number of hydrogen-bond acceptors (Lipinski definition) is 6. The van der Waals surface area contributed by atoms with Gasteiger partial charge in [0.2, 0.25) is 0 Å². The molecular weight excluding hydrogens is 465 g/mol. The third kappa shape index (κ3) is 4.62. The minimum Gasteiger partial charge on any atom is -0.490 e. The van der Waals surface area contributed by atoms with E-state index in [4.69, 9.17) is 19.6 Å². The first-order chi connectivity index (χ1) is 17.3. The first-order valence-corrected chi connectivity index (χ1v) is 12.4. The van der Waals surface area contributed by atoms with Gasteiger partial charge in [0.25, 0.3) is 5.91 Å². The summed E-state index contributed by atoms with van der Waals surface area (Å²) in [5.74, 6) is -0.284. The fourth-order valence-corrected chi connectivity index (χ4v) is 4.59. The van der Waals surface area contributed by atoms with Gasteiger partial charge in [-0.3, -0.25) is 15.0 Å². The standard InChI is InChI=1S/C27H32FN3O5/c1-5-8-9-21-27(33)30(4)18-12-16(10-11-20(18)36-21)19(32)15-31-14-17-13-22(34-6-2)25(35-7-3)24(28)23(17)26(31)29/h10-13,21,29H,5-9,14-15H2,1-4H3. The van der Waals surface area contributed by atoms with Crippen LogP contribution < -0.4 is 19.1 Å². The molecule has 0 radical (unpaired) electrons. The maximum atomic E-state index is 15.3. The Hall–Kier alpha value is -3.62. The number of carbonyl (C=O) groups is 2. The molecular formula is C27H32FN3O5. The van der Waals surface area contributed by atoms with E-state index in [0.717, 1.165) is 12.8 Å². The van der Waals surface area contributed by atoms with Gasteiger partial charge in [-0.1, -0.05) is 13.3 Å². The van der Waals surface area contributed by atoms with Gasteiger partial charge in [-0.2, -0.15) is 0 Å². The van der Waals surface area contributed by atoms with Crippen molar-refractivity contribution in [2.75, 3.05) is 31.7 Å². The van der Waals surface area contributed by atoms with Crippen LogP contribution in [0.4, 0.5) is 10.1 Å². The van der Waals surface area contributed by atoms with Crippen LogP contribution in [0.1, 0.15) is 61.5 Å². The predicted molar refractivity (Wildman–Crippen MR) is 134 cm³/mol. The Morgan fingerprint density at radius 1 is 1.19 bits per heavy atom. The Kier molecular flexibility index (Phi) is 7.47. The average molecular weight is 498 g/mol. The van der Waals surface area contributed by atoms with Crippen molar-refractivity contribution in [1.29, 1.82) is 5.41 Å². The maximum Gasteiger partial charge on any atom is 0.267 e. The van der Waals surface area contributed by atoms with E-state index in [0.29, 0.717) is 35.6 Å². The smallest absolute Gasteiger partial charge is 0.267 e. The molecule has 0 aliphatic carbocycles. The highest BCUT2D eigenvalue weighted by Gasteiger charge is 2.35. The van der Waals surface area contributed by atoms with Gasteiger partial charge in [0, 0.05) is 19.2 Å². The van der Waals surface area contributed by atoms with Crippen molar-refractivity contribution in [3.05, 3.63) is 46.8 Å². The lowest BCUT2D eigenvalue weighted by atomic mass is 10.0. The molecule has 1 N–H and O–H groups in total. The molecule has 4 rings (SSSR count). The van der Waals surface area contributed by atoms with E-state index in [1.165, 1.54) is 9.80 Å². The number of hydrogen-bond donors (Lipinski definition) is 1. The first-order valence-electron chi connectivity index (χ1n) is 12.4. The minimum atomic E-state index is -0.651. The number of unbranched alkanes of at least 4 members (excludes halogenated alkanes) is 1. The number of nitrogens with one attached hydrogen (secondary N) is 1. The highest BCUT2D eigenvalue weighted by atomic mass is 19.1. The van der Waals surface area contributed by atoms with Crippen molar-refractivity contribution in [2.24, 2.45) is 0 Å². The number of rotatable bonds is 10. The molecule has 9 heteroatoms.